The third-order valence-electron chi connectivity index (χ3n) is 1.96. The molecule has 1 nitrogen and oxygen atoms in total. The van der Waals surface area contributed by atoms with E-state index >= 15 is 0 Å². The molecule has 3 atom stereocenters. The van der Waals surface area contributed by atoms with Gasteiger partial charge in [-0.2, -0.15) is 0 Å². The van der Waals surface area contributed by atoms with Crippen LogP contribution in [-0.4, -0.2) is 17.4 Å². The van der Waals surface area contributed by atoms with E-state index in [0.717, 1.165) is 0 Å². The SMILES string of the molecule is C#CC(O)C1(C)CC1F. The molecule has 0 radical (unpaired) electrons. The molecule has 1 N–H and O–H groups in total. The van der Waals surface area contributed by atoms with E-state index in [1.807, 2.05) is 0 Å². The Morgan fingerprint density at radius 1 is 2.00 bits per heavy atom. The Morgan fingerprint density at radius 3 is 2.56 bits per heavy atom. The lowest BCUT2D eigenvalue weighted by Crippen LogP contribution is -2.18. The van der Waals surface area contributed by atoms with Crippen LogP contribution < -0.4 is 0 Å². The average molecular weight is 128 g/mol. The molecule has 0 spiro atoms. The van der Waals surface area contributed by atoms with Crippen molar-refractivity contribution in [1.29, 1.82) is 0 Å². The zero-order valence-electron chi connectivity index (χ0n) is 5.26. The van der Waals surface area contributed by atoms with Gasteiger partial charge in [0, 0.05) is 5.41 Å². The maximum Gasteiger partial charge on any atom is 0.122 e. The number of aliphatic hydroxyl groups is 1. The Balaban J connectivity index is 2.56. The number of terminal acetylenes is 1. The van der Waals surface area contributed by atoms with Crippen LogP contribution in [0.15, 0.2) is 0 Å². The van der Waals surface area contributed by atoms with E-state index in [4.69, 9.17) is 11.5 Å². The summed E-state index contributed by atoms with van der Waals surface area (Å²) in [5.74, 6) is 2.11. The van der Waals surface area contributed by atoms with Crippen LogP contribution in [0.1, 0.15) is 13.3 Å². The molecule has 50 valence electrons. The monoisotopic (exact) mass is 128 g/mol. The predicted octanol–water partition coefficient (Wildman–Crippen LogP) is 0.729. The molecule has 3 unspecified atom stereocenters. The van der Waals surface area contributed by atoms with Gasteiger partial charge in [0.05, 0.1) is 0 Å². The van der Waals surface area contributed by atoms with E-state index in [1.165, 1.54) is 0 Å². The number of aliphatic hydroxyl groups excluding tert-OH is 1. The summed E-state index contributed by atoms with van der Waals surface area (Å²) in [7, 11) is 0. The average Bonchev–Trinajstić information content (AvgIpc) is 2.41. The summed E-state index contributed by atoms with van der Waals surface area (Å²) in [5, 5.41) is 8.95. The summed E-state index contributed by atoms with van der Waals surface area (Å²) >= 11 is 0. The molecule has 0 aromatic rings. The molecule has 0 aromatic heterocycles. The zero-order valence-corrected chi connectivity index (χ0v) is 5.26. The third-order valence-corrected chi connectivity index (χ3v) is 1.96. The van der Waals surface area contributed by atoms with Crippen LogP contribution in [0.25, 0.3) is 0 Å². The van der Waals surface area contributed by atoms with Gasteiger partial charge in [0.15, 0.2) is 0 Å². The van der Waals surface area contributed by atoms with Crippen molar-refractivity contribution in [2.75, 3.05) is 0 Å². The highest BCUT2D eigenvalue weighted by molar-refractivity contribution is 5.14. The van der Waals surface area contributed by atoms with Crippen molar-refractivity contribution in [3.8, 4) is 12.3 Å². The van der Waals surface area contributed by atoms with Crippen molar-refractivity contribution in [2.24, 2.45) is 5.41 Å². The van der Waals surface area contributed by atoms with Crippen molar-refractivity contribution in [3.63, 3.8) is 0 Å². The lowest BCUT2D eigenvalue weighted by molar-refractivity contribution is 0.138. The number of rotatable bonds is 1. The first-order chi connectivity index (χ1) is 4.11. The second-order valence-electron chi connectivity index (χ2n) is 2.75. The van der Waals surface area contributed by atoms with E-state index in [0.29, 0.717) is 6.42 Å². The smallest absolute Gasteiger partial charge is 0.122 e. The highest BCUT2D eigenvalue weighted by atomic mass is 19.1. The molecule has 9 heavy (non-hydrogen) atoms. The maximum atomic E-state index is 12.3. The Kier molecular flexibility index (Phi) is 1.25. The van der Waals surface area contributed by atoms with Crippen molar-refractivity contribution in [1.82, 2.24) is 0 Å². The molecular formula is C7H9FO. The van der Waals surface area contributed by atoms with Gasteiger partial charge in [-0.1, -0.05) is 12.8 Å². The first kappa shape index (κ1) is 6.57. The summed E-state index contributed by atoms with van der Waals surface area (Å²) < 4.78 is 12.3. The summed E-state index contributed by atoms with van der Waals surface area (Å²) in [6.07, 6.45) is 3.49. The zero-order chi connectivity index (χ0) is 7.07. The molecule has 1 fully saturated rings. The van der Waals surface area contributed by atoms with Crippen LogP contribution in [0.5, 0.6) is 0 Å². The first-order valence-electron chi connectivity index (χ1n) is 2.89. The largest absolute Gasteiger partial charge is 0.380 e. The van der Waals surface area contributed by atoms with E-state index in [9.17, 15) is 4.39 Å². The van der Waals surface area contributed by atoms with E-state index < -0.39 is 17.7 Å². The van der Waals surface area contributed by atoms with Gasteiger partial charge >= 0.3 is 0 Å². The fourth-order valence-corrected chi connectivity index (χ4v) is 0.801. The standard InChI is InChI=1S/C7H9FO/c1-3-6(9)7(2)4-5(7)8/h1,5-6,9H,4H2,2H3. The van der Waals surface area contributed by atoms with Crippen molar-refractivity contribution >= 4 is 0 Å². The summed E-state index contributed by atoms with van der Waals surface area (Å²) in [6, 6.07) is 0. The Morgan fingerprint density at radius 2 is 2.44 bits per heavy atom. The van der Waals surface area contributed by atoms with Gasteiger partial charge in [-0.15, -0.1) is 6.42 Å². The molecule has 1 saturated carbocycles. The minimum absolute atomic E-state index is 0.401. The molecule has 1 rings (SSSR count). The van der Waals surface area contributed by atoms with Gasteiger partial charge in [0.25, 0.3) is 0 Å². The van der Waals surface area contributed by atoms with Crippen molar-refractivity contribution in [2.45, 2.75) is 25.6 Å². The van der Waals surface area contributed by atoms with Gasteiger partial charge in [-0.25, -0.2) is 4.39 Å². The maximum absolute atomic E-state index is 12.3. The van der Waals surface area contributed by atoms with Gasteiger partial charge in [-0.3, -0.25) is 0 Å². The van der Waals surface area contributed by atoms with Gasteiger partial charge < -0.3 is 5.11 Å². The highest BCUT2D eigenvalue weighted by Crippen LogP contribution is 2.50. The van der Waals surface area contributed by atoms with Crippen LogP contribution in [0.3, 0.4) is 0 Å². The first-order valence-corrected chi connectivity index (χ1v) is 2.89. The molecule has 0 bridgehead atoms. The topological polar surface area (TPSA) is 20.2 Å². The normalized spacial score (nSPS) is 43.6. The molecule has 0 heterocycles. The van der Waals surface area contributed by atoms with Gasteiger partial charge in [0.2, 0.25) is 0 Å². The molecule has 0 saturated heterocycles. The second-order valence-corrected chi connectivity index (χ2v) is 2.75. The summed E-state index contributed by atoms with van der Waals surface area (Å²) in [5.41, 5.74) is -0.630. The molecule has 1 aliphatic rings. The molecule has 0 aromatic carbocycles. The fraction of sp³-hybridized carbons (Fsp3) is 0.714. The Labute approximate surface area is 53.9 Å². The van der Waals surface area contributed by atoms with E-state index in [1.54, 1.807) is 6.92 Å². The third kappa shape index (κ3) is 0.818. The van der Waals surface area contributed by atoms with Gasteiger partial charge in [-0.05, 0) is 6.42 Å². The van der Waals surface area contributed by atoms with Crippen LogP contribution in [-0.2, 0) is 0 Å². The molecule has 1 aliphatic carbocycles. The molecular weight excluding hydrogens is 119 g/mol. The van der Waals surface area contributed by atoms with Crippen molar-refractivity contribution < 1.29 is 9.50 Å². The molecule has 2 heteroatoms. The minimum Gasteiger partial charge on any atom is -0.380 e. The summed E-state index contributed by atoms with van der Waals surface area (Å²) in [6.45, 7) is 1.65. The quantitative estimate of drug-likeness (QED) is 0.516. The highest BCUT2D eigenvalue weighted by Gasteiger charge is 2.55. The van der Waals surface area contributed by atoms with Crippen LogP contribution in [0.4, 0.5) is 4.39 Å². The van der Waals surface area contributed by atoms with E-state index in [-0.39, 0.29) is 0 Å². The van der Waals surface area contributed by atoms with Crippen LogP contribution >= 0.6 is 0 Å². The number of halogens is 1. The van der Waals surface area contributed by atoms with E-state index in [2.05, 4.69) is 5.92 Å². The number of hydrogen-bond acceptors (Lipinski definition) is 1. The Bertz CT molecular complexity index is 161. The molecule has 0 aliphatic heterocycles. The lowest BCUT2D eigenvalue weighted by Gasteiger charge is -2.09. The second kappa shape index (κ2) is 1.71. The van der Waals surface area contributed by atoms with Gasteiger partial charge in [0.1, 0.15) is 12.3 Å². The van der Waals surface area contributed by atoms with Crippen LogP contribution in [0, 0.1) is 17.8 Å². The molecule has 0 amide bonds. The van der Waals surface area contributed by atoms with Crippen molar-refractivity contribution in [3.05, 3.63) is 0 Å². The number of alkyl halides is 1. The lowest BCUT2D eigenvalue weighted by atomic mass is 10.0. The predicted molar refractivity (Wildman–Crippen MR) is 32.5 cm³/mol. The minimum atomic E-state index is -0.910. The number of hydrogen-bond donors (Lipinski definition) is 1. The fourth-order valence-electron chi connectivity index (χ4n) is 0.801. The van der Waals surface area contributed by atoms with Crippen LogP contribution in [0.2, 0.25) is 0 Å². The Hall–Kier alpha value is -0.550. The summed E-state index contributed by atoms with van der Waals surface area (Å²) in [4.78, 5) is 0.